The Balaban J connectivity index is 1.83. The number of nitrogens with zero attached hydrogens (tertiary/aromatic N) is 3. The van der Waals surface area contributed by atoms with Crippen molar-refractivity contribution in [1.82, 2.24) is 15.1 Å². The summed E-state index contributed by atoms with van der Waals surface area (Å²) in [5, 5.41) is 12.7. The molecule has 1 aromatic rings. The number of thioether (sulfide) groups is 1. The molecule has 106 valence electrons. The van der Waals surface area contributed by atoms with E-state index in [2.05, 4.69) is 34.3 Å². The Morgan fingerprint density at radius 2 is 2.26 bits per heavy atom. The summed E-state index contributed by atoms with van der Waals surface area (Å²) in [7, 11) is 0. The van der Waals surface area contributed by atoms with Crippen LogP contribution in [0.1, 0.15) is 26.7 Å². The fourth-order valence-electron chi connectivity index (χ4n) is 2.58. The summed E-state index contributed by atoms with van der Waals surface area (Å²) < 4.78 is 0. The van der Waals surface area contributed by atoms with Gasteiger partial charge in [0.05, 0.1) is 0 Å². The van der Waals surface area contributed by atoms with Gasteiger partial charge in [-0.3, -0.25) is 4.90 Å². The van der Waals surface area contributed by atoms with Crippen molar-refractivity contribution in [3.8, 4) is 0 Å². The highest BCUT2D eigenvalue weighted by Gasteiger charge is 2.24. The predicted molar refractivity (Wildman–Crippen MR) is 81.7 cm³/mol. The van der Waals surface area contributed by atoms with Crippen LogP contribution in [-0.2, 0) is 0 Å². The molecule has 0 unspecified atom stereocenters. The Kier molecular flexibility index (Phi) is 5.45. The van der Waals surface area contributed by atoms with E-state index in [9.17, 15) is 0 Å². The molecular weight excluding hydrogens is 256 g/mol. The van der Waals surface area contributed by atoms with Gasteiger partial charge in [-0.05, 0) is 43.7 Å². The van der Waals surface area contributed by atoms with Crippen LogP contribution < -0.4 is 5.32 Å². The van der Waals surface area contributed by atoms with Crippen LogP contribution >= 0.6 is 11.8 Å². The lowest BCUT2D eigenvalue weighted by Crippen LogP contribution is -2.37. The molecular formula is C14H24N4S. The van der Waals surface area contributed by atoms with Crippen LogP contribution in [0.15, 0.2) is 17.2 Å². The molecule has 1 aliphatic heterocycles. The van der Waals surface area contributed by atoms with Gasteiger partial charge < -0.3 is 5.32 Å². The fourth-order valence-corrected chi connectivity index (χ4v) is 2.91. The topological polar surface area (TPSA) is 41.0 Å². The summed E-state index contributed by atoms with van der Waals surface area (Å²) in [6, 6.07) is 4.67. The Morgan fingerprint density at radius 1 is 1.42 bits per heavy atom. The highest BCUT2D eigenvalue weighted by molar-refractivity contribution is 7.98. The minimum absolute atomic E-state index is 0.643. The second-order valence-corrected chi connectivity index (χ2v) is 6.35. The molecule has 1 aliphatic rings. The SMILES string of the molecule is CSc1ccc(NC[C@H]2CCCN2CC(C)C)nn1. The molecule has 1 fully saturated rings. The highest BCUT2D eigenvalue weighted by Crippen LogP contribution is 2.19. The van der Waals surface area contributed by atoms with Crippen LogP contribution in [0.5, 0.6) is 0 Å². The molecule has 0 bridgehead atoms. The average molecular weight is 280 g/mol. The molecule has 1 aromatic heterocycles. The largest absolute Gasteiger partial charge is 0.367 e. The van der Waals surface area contributed by atoms with E-state index in [0.29, 0.717) is 6.04 Å². The number of nitrogens with one attached hydrogen (secondary N) is 1. The Bertz CT molecular complexity index is 380. The van der Waals surface area contributed by atoms with Crippen molar-refractivity contribution < 1.29 is 0 Å². The molecule has 1 atom stereocenters. The van der Waals surface area contributed by atoms with Gasteiger partial charge in [0.2, 0.25) is 0 Å². The van der Waals surface area contributed by atoms with Crippen molar-refractivity contribution in [2.75, 3.05) is 31.2 Å². The maximum atomic E-state index is 4.20. The van der Waals surface area contributed by atoms with Gasteiger partial charge in [-0.25, -0.2) is 0 Å². The molecule has 1 N–H and O–H groups in total. The average Bonchev–Trinajstić information content (AvgIpc) is 2.83. The van der Waals surface area contributed by atoms with Crippen molar-refractivity contribution in [1.29, 1.82) is 0 Å². The third-order valence-electron chi connectivity index (χ3n) is 3.47. The zero-order chi connectivity index (χ0) is 13.7. The zero-order valence-electron chi connectivity index (χ0n) is 12.1. The van der Waals surface area contributed by atoms with Gasteiger partial charge in [0.1, 0.15) is 10.8 Å². The van der Waals surface area contributed by atoms with Gasteiger partial charge in [-0.1, -0.05) is 13.8 Å². The van der Waals surface area contributed by atoms with Gasteiger partial charge >= 0.3 is 0 Å². The molecule has 19 heavy (non-hydrogen) atoms. The van der Waals surface area contributed by atoms with Crippen LogP contribution in [-0.4, -0.2) is 47.0 Å². The first-order valence-corrected chi connectivity index (χ1v) is 8.27. The maximum Gasteiger partial charge on any atom is 0.148 e. The summed E-state index contributed by atoms with van der Waals surface area (Å²) in [6.45, 7) is 7.98. The number of aromatic nitrogens is 2. The minimum atomic E-state index is 0.643. The molecule has 0 amide bonds. The summed E-state index contributed by atoms with van der Waals surface area (Å²) in [4.78, 5) is 2.60. The van der Waals surface area contributed by atoms with Crippen molar-refractivity contribution in [3.05, 3.63) is 12.1 Å². The lowest BCUT2D eigenvalue weighted by atomic mass is 10.1. The molecule has 2 rings (SSSR count). The number of hydrogen-bond acceptors (Lipinski definition) is 5. The van der Waals surface area contributed by atoms with Crippen LogP contribution in [0.4, 0.5) is 5.82 Å². The Labute approximate surface area is 120 Å². The summed E-state index contributed by atoms with van der Waals surface area (Å²) in [5.41, 5.74) is 0. The zero-order valence-corrected chi connectivity index (χ0v) is 12.9. The first-order valence-electron chi connectivity index (χ1n) is 7.04. The fraction of sp³-hybridized carbons (Fsp3) is 0.714. The van der Waals surface area contributed by atoms with E-state index in [1.807, 2.05) is 18.4 Å². The molecule has 5 heteroatoms. The lowest BCUT2D eigenvalue weighted by molar-refractivity contribution is 0.234. The lowest BCUT2D eigenvalue weighted by Gasteiger charge is -2.26. The van der Waals surface area contributed by atoms with E-state index in [1.165, 1.54) is 25.9 Å². The van der Waals surface area contributed by atoms with Crippen LogP contribution in [0, 0.1) is 5.92 Å². The molecule has 4 nitrogen and oxygen atoms in total. The highest BCUT2D eigenvalue weighted by atomic mass is 32.2. The first-order chi connectivity index (χ1) is 9.19. The number of anilines is 1. The molecule has 0 saturated carbocycles. The molecule has 2 heterocycles. The van der Waals surface area contributed by atoms with Crippen molar-refractivity contribution in [3.63, 3.8) is 0 Å². The van der Waals surface area contributed by atoms with E-state index < -0.39 is 0 Å². The number of likely N-dealkylation sites (tertiary alicyclic amines) is 1. The third kappa shape index (κ3) is 4.35. The number of hydrogen-bond donors (Lipinski definition) is 1. The predicted octanol–water partition coefficient (Wildman–Crippen LogP) is 2.73. The summed E-state index contributed by atoms with van der Waals surface area (Å²) in [6.07, 6.45) is 4.62. The van der Waals surface area contributed by atoms with Crippen LogP contribution in [0.2, 0.25) is 0 Å². The molecule has 0 aromatic carbocycles. The molecule has 0 radical (unpaired) electrons. The first kappa shape index (κ1) is 14.6. The van der Waals surface area contributed by atoms with Crippen molar-refractivity contribution in [2.45, 2.75) is 37.8 Å². The minimum Gasteiger partial charge on any atom is -0.367 e. The van der Waals surface area contributed by atoms with E-state index in [1.54, 1.807) is 11.8 Å². The van der Waals surface area contributed by atoms with Gasteiger partial charge in [0.15, 0.2) is 0 Å². The van der Waals surface area contributed by atoms with Crippen LogP contribution in [0.3, 0.4) is 0 Å². The molecule has 1 saturated heterocycles. The standard InChI is InChI=1S/C14H24N4S/c1-11(2)10-18-8-4-5-12(18)9-15-13-6-7-14(19-3)17-16-13/h6-7,11-12H,4-5,8-10H2,1-3H3,(H,15,16)/t12-/m1/s1. The van der Waals surface area contributed by atoms with Crippen molar-refractivity contribution >= 4 is 17.6 Å². The molecule has 0 aliphatic carbocycles. The van der Waals surface area contributed by atoms with Gasteiger partial charge in [0.25, 0.3) is 0 Å². The quantitative estimate of drug-likeness (QED) is 0.811. The second-order valence-electron chi connectivity index (χ2n) is 5.53. The van der Waals surface area contributed by atoms with Crippen molar-refractivity contribution in [2.24, 2.45) is 5.92 Å². The van der Waals surface area contributed by atoms with Gasteiger partial charge in [-0.15, -0.1) is 22.0 Å². The summed E-state index contributed by atoms with van der Waals surface area (Å²) in [5.74, 6) is 1.62. The number of rotatable bonds is 6. The van der Waals surface area contributed by atoms with Gasteiger partial charge in [0, 0.05) is 19.1 Å². The monoisotopic (exact) mass is 280 g/mol. The van der Waals surface area contributed by atoms with Crippen LogP contribution in [0.25, 0.3) is 0 Å². The summed E-state index contributed by atoms with van der Waals surface area (Å²) >= 11 is 1.62. The molecule has 0 spiro atoms. The van der Waals surface area contributed by atoms with Gasteiger partial charge in [-0.2, -0.15) is 0 Å². The maximum absolute atomic E-state index is 4.20. The van der Waals surface area contributed by atoms with E-state index in [0.717, 1.165) is 23.3 Å². The van der Waals surface area contributed by atoms with E-state index >= 15 is 0 Å². The Morgan fingerprint density at radius 3 is 2.89 bits per heavy atom. The normalized spacial score (nSPS) is 20.1. The second kappa shape index (κ2) is 7.10. The van der Waals surface area contributed by atoms with E-state index in [-0.39, 0.29) is 0 Å². The van der Waals surface area contributed by atoms with E-state index in [4.69, 9.17) is 0 Å². The Hall–Kier alpha value is -0.810. The smallest absolute Gasteiger partial charge is 0.148 e. The third-order valence-corrected chi connectivity index (χ3v) is 4.10.